The van der Waals surface area contributed by atoms with Crippen molar-refractivity contribution in [3.8, 4) is 0 Å². The molecular formula is C13H20N2O3S. The van der Waals surface area contributed by atoms with E-state index >= 15 is 0 Å². The van der Waals surface area contributed by atoms with Gasteiger partial charge < -0.3 is 20.5 Å². The molecule has 0 aromatic carbocycles. The molecule has 1 fully saturated rings. The molecule has 0 spiro atoms. The second kappa shape index (κ2) is 6.77. The molecule has 106 valence electrons. The highest BCUT2D eigenvalue weighted by Gasteiger charge is 2.21. The number of nitrogens with one attached hydrogen (secondary N) is 1. The summed E-state index contributed by atoms with van der Waals surface area (Å²) in [5.41, 5.74) is 6.25. The van der Waals surface area contributed by atoms with Crippen LogP contribution in [0.25, 0.3) is 0 Å². The summed E-state index contributed by atoms with van der Waals surface area (Å²) in [7, 11) is 0. The maximum atomic E-state index is 11.6. The highest BCUT2D eigenvalue weighted by Crippen LogP contribution is 2.30. The van der Waals surface area contributed by atoms with E-state index in [4.69, 9.17) is 15.2 Å². The van der Waals surface area contributed by atoms with E-state index < -0.39 is 0 Å². The number of nitrogen functional groups attached to an aromatic ring is 1. The van der Waals surface area contributed by atoms with Crippen LogP contribution < -0.4 is 11.1 Å². The van der Waals surface area contributed by atoms with Gasteiger partial charge in [0.25, 0.3) is 0 Å². The minimum atomic E-state index is -0.358. The smallest absolute Gasteiger partial charge is 0.350 e. The second-order valence-corrected chi connectivity index (χ2v) is 5.61. The molecule has 0 radical (unpaired) electrons. The zero-order chi connectivity index (χ0) is 13.7. The van der Waals surface area contributed by atoms with Crippen LogP contribution in [0.2, 0.25) is 0 Å². The highest BCUT2D eigenvalue weighted by molar-refractivity contribution is 7.18. The van der Waals surface area contributed by atoms with Gasteiger partial charge in [-0.25, -0.2) is 4.79 Å². The highest BCUT2D eigenvalue weighted by atomic mass is 32.1. The molecule has 19 heavy (non-hydrogen) atoms. The molecule has 1 aliphatic carbocycles. The summed E-state index contributed by atoms with van der Waals surface area (Å²) in [6.45, 7) is 4.38. The normalized spacial score (nSPS) is 14.4. The number of ether oxygens (including phenoxy) is 2. The maximum Gasteiger partial charge on any atom is 0.350 e. The molecule has 1 aromatic heterocycles. The van der Waals surface area contributed by atoms with E-state index in [9.17, 15) is 4.79 Å². The Balaban J connectivity index is 1.73. The molecule has 0 atom stereocenters. The van der Waals surface area contributed by atoms with E-state index in [0.717, 1.165) is 24.1 Å². The predicted octanol–water partition coefficient (Wildman–Crippen LogP) is 2.35. The van der Waals surface area contributed by atoms with Crippen molar-refractivity contribution < 1.29 is 14.3 Å². The molecule has 0 aliphatic heterocycles. The van der Waals surface area contributed by atoms with Crippen LogP contribution in [0.3, 0.4) is 0 Å². The lowest BCUT2D eigenvalue weighted by atomic mass is 10.4. The van der Waals surface area contributed by atoms with E-state index in [1.165, 1.54) is 24.2 Å². The molecular weight excluding hydrogens is 264 g/mol. The number of esters is 1. The molecule has 1 aliphatic rings. The van der Waals surface area contributed by atoms with Gasteiger partial charge in [0.1, 0.15) is 4.88 Å². The van der Waals surface area contributed by atoms with Gasteiger partial charge in [0, 0.05) is 13.2 Å². The van der Waals surface area contributed by atoms with Crippen molar-refractivity contribution in [1.82, 2.24) is 0 Å². The average Bonchev–Trinajstić information content (AvgIpc) is 3.12. The van der Waals surface area contributed by atoms with E-state index in [2.05, 4.69) is 5.32 Å². The fraction of sp³-hybridized carbons (Fsp3) is 0.615. The zero-order valence-corrected chi connectivity index (χ0v) is 11.9. The summed E-state index contributed by atoms with van der Waals surface area (Å²) >= 11 is 1.32. The van der Waals surface area contributed by atoms with Crippen molar-refractivity contribution in [3.05, 3.63) is 10.9 Å². The maximum absolute atomic E-state index is 11.6. The van der Waals surface area contributed by atoms with E-state index in [0.29, 0.717) is 23.8 Å². The lowest BCUT2D eigenvalue weighted by Crippen LogP contribution is -2.09. The number of anilines is 2. The number of rotatable bonds is 8. The number of thiophene rings is 1. The summed E-state index contributed by atoms with van der Waals surface area (Å²) in [4.78, 5) is 12.1. The topological polar surface area (TPSA) is 73.6 Å². The molecule has 0 amide bonds. The number of hydrogen-bond donors (Lipinski definition) is 2. The molecule has 1 aromatic rings. The summed E-state index contributed by atoms with van der Waals surface area (Å²) in [5, 5.41) is 4.07. The van der Waals surface area contributed by atoms with Crippen LogP contribution in [0.5, 0.6) is 0 Å². The quantitative estimate of drug-likeness (QED) is 0.566. The van der Waals surface area contributed by atoms with Crippen molar-refractivity contribution >= 4 is 28.0 Å². The van der Waals surface area contributed by atoms with E-state index in [1.54, 1.807) is 13.0 Å². The van der Waals surface area contributed by atoms with Crippen molar-refractivity contribution in [2.75, 3.05) is 37.4 Å². The fourth-order valence-electron chi connectivity index (χ4n) is 1.63. The zero-order valence-electron chi connectivity index (χ0n) is 11.1. The Kier molecular flexibility index (Phi) is 5.04. The molecule has 3 N–H and O–H groups in total. The third-order valence-corrected chi connectivity index (χ3v) is 3.91. The molecule has 5 nitrogen and oxygen atoms in total. The van der Waals surface area contributed by atoms with Crippen molar-refractivity contribution in [1.29, 1.82) is 0 Å². The lowest BCUT2D eigenvalue weighted by molar-refractivity contribution is 0.0533. The molecule has 0 saturated heterocycles. The Labute approximate surface area is 117 Å². The van der Waals surface area contributed by atoms with Crippen LogP contribution in [-0.2, 0) is 9.47 Å². The van der Waals surface area contributed by atoms with E-state index in [-0.39, 0.29) is 5.97 Å². The van der Waals surface area contributed by atoms with Gasteiger partial charge in [-0.3, -0.25) is 0 Å². The van der Waals surface area contributed by atoms with Crippen LogP contribution in [0.4, 0.5) is 10.7 Å². The third-order valence-electron chi connectivity index (χ3n) is 2.82. The first-order valence-corrected chi connectivity index (χ1v) is 7.40. The average molecular weight is 284 g/mol. The van der Waals surface area contributed by atoms with Gasteiger partial charge >= 0.3 is 5.97 Å². The SMILES string of the molecule is CCOC(=O)c1sc(NCCOCC2CC2)cc1N. The minimum absolute atomic E-state index is 0.355. The van der Waals surface area contributed by atoms with Gasteiger partial charge in [-0.15, -0.1) is 11.3 Å². The molecule has 1 heterocycles. The molecule has 0 unspecified atom stereocenters. The van der Waals surface area contributed by atoms with Gasteiger partial charge in [0.15, 0.2) is 0 Å². The van der Waals surface area contributed by atoms with E-state index in [1.807, 2.05) is 0 Å². The first-order valence-electron chi connectivity index (χ1n) is 6.58. The Bertz CT molecular complexity index is 430. The number of carbonyl (C=O) groups is 1. The molecule has 1 saturated carbocycles. The van der Waals surface area contributed by atoms with Crippen LogP contribution in [0, 0.1) is 5.92 Å². The summed E-state index contributed by atoms with van der Waals surface area (Å²) in [6, 6.07) is 1.76. The Morgan fingerprint density at radius 2 is 2.37 bits per heavy atom. The number of carbonyl (C=O) groups excluding carboxylic acids is 1. The first kappa shape index (κ1) is 14.1. The molecule has 2 rings (SSSR count). The molecule has 0 bridgehead atoms. The second-order valence-electron chi connectivity index (χ2n) is 4.56. The Hall–Kier alpha value is -1.27. The lowest BCUT2D eigenvalue weighted by Gasteiger charge is -2.04. The summed E-state index contributed by atoms with van der Waals surface area (Å²) < 4.78 is 10.5. The Morgan fingerprint density at radius 1 is 1.58 bits per heavy atom. The molecule has 6 heteroatoms. The standard InChI is InChI=1S/C13H20N2O3S/c1-2-18-13(16)12-10(14)7-11(19-12)15-5-6-17-8-9-3-4-9/h7,9,15H,2-6,8,14H2,1H3. The van der Waals surface area contributed by atoms with Crippen LogP contribution in [0.15, 0.2) is 6.07 Å². The third kappa shape index (κ3) is 4.40. The fourth-order valence-corrected chi connectivity index (χ4v) is 2.53. The largest absolute Gasteiger partial charge is 0.462 e. The van der Waals surface area contributed by atoms with Gasteiger partial charge in [-0.2, -0.15) is 0 Å². The summed E-state index contributed by atoms with van der Waals surface area (Å²) in [6.07, 6.45) is 2.61. The van der Waals surface area contributed by atoms with Gasteiger partial charge in [-0.1, -0.05) is 0 Å². The number of nitrogens with two attached hydrogens (primary N) is 1. The van der Waals surface area contributed by atoms with Crippen molar-refractivity contribution in [2.24, 2.45) is 5.92 Å². The van der Waals surface area contributed by atoms with Crippen LogP contribution in [-0.4, -0.2) is 32.3 Å². The van der Waals surface area contributed by atoms with Gasteiger partial charge in [0.05, 0.1) is 23.9 Å². The van der Waals surface area contributed by atoms with Crippen LogP contribution in [0.1, 0.15) is 29.4 Å². The van der Waals surface area contributed by atoms with Gasteiger partial charge in [-0.05, 0) is 31.7 Å². The van der Waals surface area contributed by atoms with Crippen molar-refractivity contribution in [3.63, 3.8) is 0 Å². The van der Waals surface area contributed by atoms with Crippen molar-refractivity contribution in [2.45, 2.75) is 19.8 Å². The first-order chi connectivity index (χ1) is 9.20. The van der Waals surface area contributed by atoms with Gasteiger partial charge in [0.2, 0.25) is 0 Å². The monoisotopic (exact) mass is 284 g/mol. The number of hydrogen-bond acceptors (Lipinski definition) is 6. The Morgan fingerprint density at radius 3 is 3.05 bits per heavy atom. The minimum Gasteiger partial charge on any atom is -0.462 e. The summed E-state index contributed by atoms with van der Waals surface area (Å²) in [5.74, 6) is 0.427. The predicted molar refractivity (Wildman–Crippen MR) is 76.7 cm³/mol. The van der Waals surface area contributed by atoms with Crippen LogP contribution >= 0.6 is 11.3 Å².